The number of para-hydroxylation sites is 2. The van der Waals surface area contributed by atoms with Crippen LogP contribution in [0.3, 0.4) is 0 Å². The molecule has 5 heteroatoms. The molecule has 0 saturated carbocycles. The fourth-order valence-electron chi connectivity index (χ4n) is 2.43. The highest BCUT2D eigenvalue weighted by Gasteiger charge is 2.16. The van der Waals surface area contributed by atoms with Crippen LogP contribution in [0.15, 0.2) is 30.5 Å². The fraction of sp³-hybridized carbons (Fsp3) is 0.333. The Bertz CT molecular complexity index is 754. The molecule has 3 aromatic rings. The number of nitrogens with zero attached hydrogens (tertiary/aromatic N) is 4. The number of aryl methyl sites for hydroxylation is 1. The Kier molecular flexibility index (Phi) is 3.26. The summed E-state index contributed by atoms with van der Waals surface area (Å²) in [6.07, 6.45) is 1.91. The lowest BCUT2D eigenvalue weighted by Gasteiger charge is -2.10. The van der Waals surface area contributed by atoms with Crippen molar-refractivity contribution in [3.63, 3.8) is 0 Å². The zero-order valence-electron chi connectivity index (χ0n) is 11.8. The van der Waals surface area contributed by atoms with E-state index in [0.29, 0.717) is 0 Å². The zero-order valence-corrected chi connectivity index (χ0v) is 12.6. The third kappa shape index (κ3) is 2.10. The highest BCUT2D eigenvalue weighted by molar-refractivity contribution is 6.20. The van der Waals surface area contributed by atoms with Gasteiger partial charge in [-0.1, -0.05) is 12.1 Å². The van der Waals surface area contributed by atoms with Gasteiger partial charge in [-0.2, -0.15) is 5.10 Å². The second-order valence-electron chi connectivity index (χ2n) is 5.04. The van der Waals surface area contributed by atoms with Crippen LogP contribution in [0.1, 0.15) is 29.4 Å². The van der Waals surface area contributed by atoms with Crippen LogP contribution in [-0.2, 0) is 13.6 Å². The summed E-state index contributed by atoms with van der Waals surface area (Å²) in [6.45, 7) is 4.77. The van der Waals surface area contributed by atoms with Gasteiger partial charge < -0.3 is 4.57 Å². The van der Waals surface area contributed by atoms with Gasteiger partial charge in [-0.3, -0.25) is 4.68 Å². The Morgan fingerprint density at radius 2 is 2.05 bits per heavy atom. The van der Waals surface area contributed by atoms with Gasteiger partial charge in [0.2, 0.25) is 0 Å². The van der Waals surface area contributed by atoms with Crippen LogP contribution in [0.2, 0.25) is 0 Å². The van der Waals surface area contributed by atoms with Crippen molar-refractivity contribution in [3.05, 3.63) is 47.5 Å². The molecule has 0 aliphatic heterocycles. The van der Waals surface area contributed by atoms with Crippen LogP contribution in [0, 0.1) is 6.92 Å². The van der Waals surface area contributed by atoms with E-state index in [2.05, 4.69) is 27.6 Å². The van der Waals surface area contributed by atoms with Gasteiger partial charge >= 0.3 is 0 Å². The number of hydrogen-bond donors (Lipinski definition) is 0. The molecule has 0 radical (unpaired) electrons. The molecular formula is C15H17ClN4. The van der Waals surface area contributed by atoms with Crippen LogP contribution < -0.4 is 0 Å². The average Bonchev–Trinajstić information content (AvgIpc) is 2.95. The topological polar surface area (TPSA) is 35.6 Å². The van der Waals surface area contributed by atoms with Gasteiger partial charge in [-0.05, 0) is 26.0 Å². The molecule has 2 heterocycles. The zero-order chi connectivity index (χ0) is 14.3. The molecule has 0 bridgehead atoms. The van der Waals surface area contributed by atoms with Gasteiger partial charge in [-0.25, -0.2) is 4.98 Å². The minimum atomic E-state index is -0.126. The minimum Gasteiger partial charge on any atom is -0.322 e. The van der Waals surface area contributed by atoms with Gasteiger partial charge in [0, 0.05) is 18.3 Å². The second-order valence-corrected chi connectivity index (χ2v) is 5.69. The third-order valence-electron chi connectivity index (χ3n) is 3.71. The van der Waals surface area contributed by atoms with Crippen molar-refractivity contribution < 1.29 is 0 Å². The van der Waals surface area contributed by atoms with Gasteiger partial charge in [-0.15, -0.1) is 11.6 Å². The number of alkyl halides is 1. The first-order valence-corrected chi connectivity index (χ1v) is 7.08. The van der Waals surface area contributed by atoms with Crippen molar-refractivity contribution in [3.8, 4) is 0 Å². The van der Waals surface area contributed by atoms with E-state index in [0.717, 1.165) is 29.1 Å². The van der Waals surface area contributed by atoms with E-state index in [1.54, 1.807) is 0 Å². The Balaban J connectivity index is 2.14. The monoisotopic (exact) mass is 288 g/mol. The highest BCUT2D eigenvalue weighted by Crippen LogP contribution is 2.25. The first kappa shape index (κ1) is 13.2. The maximum Gasteiger partial charge on any atom is 0.128 e. The lowest BCUT2D eigenvalue weighted by atomic mass is 10.2. The van der Waals surface area contributed by atoms with Crippen LogP contribution in [0.5, 0.6) is 0 Å². The molecule has 0 N–H and O–H groups in total. The van der Waals surface area contributed by atoms with E-state index < -0.39 is 0 Å². The van der Waals surface area contributed by atoms with Gasteiger partial charge in [0.05, 0.1) is 29.2 Å². The summed E-state index contributed by atoms with van der Waals surface area (Å²) in [7, 11) is 1.95. The molecule has 1 unspecified atom stereocenters. The van der Waals surface area contributed by atoms with E-state index in [-0.39, 0.29) is 5.38 Å². The van der Waals surface area contributed by atoms with Gasteiger partial charge in [0.15, 0.2) is 0 Å². The van der Waals surface area contributed by atoms with E-state index in [1.807, 2.05) is 43.0 Å². The predicted molar refractivity (Wildman–Crippen MR) is 81.0 cm³/mol. The molecule has 2 aromatic heterocycles. The van der Waals surface area contributed by atoms with Crippen molar-refractivity contribution in [2.75, 3.05) is 0 Å². The number of fused-ring (bicyclic) bond motifs is 1. The summed E-state index contributed by atoms with van der Waals surface area (Å²) in [4.78, 5) is 4.65. The van der Waals surface area contributed by atoms with Crippen LogP contribution >= 0.6 is 11.6 Å². The average molecular weight is 289 g/mol. The maximum atomic E-state index is 6.29. The minimum absolute atomic E-state index is 0.126. The molecule has 1 aromatic carbocycles. The van der Waals surface area contributed by atoms with E-state index in [9.17, 15) is 0 Å². The van der Waals surface area contributed by atoms with Crippen LogP contribution in [-0.4, -0.2) is 19.3 Å². The molecule has 0 aliphatic carbocycles. The SMILES string of the molecule is Cc1c(Cn2c(C(C)Cl)nc3ccccc32)cnn1C. The molecule has 104 valence electrons. The first-order valence-electron chi connectivity index (χ1n) is 6.64. The molecule has 3 rings (SSSR count). The maximum absolute atomic E-state index is 6.29. The van der Waals surface area contributed by atoms with E-state index in [4.69, 9.17) is 11.6 Å². The Morgan fingerprint density at radius 3 is 2.70 bits per heavy atom. The molecule has 20 heavy (non-hydrogen) atoms. The lowest BCUT2D eigenvalue weighted by molar-refractivity contribution is 0.720. The molecule has 4 nitrogen and oxygen atoms in total. The summed E-state index contributed by atoms with van der Waals surface area (Å²) in [5.74, 6) is 0.899. The second kappa shape index (κ2) is 4.94. The third-order valence-corrected chi connectivity index (χ3v) is 3.90. The largest absolute Gasteiger partial charge is 0.322 e. The van der Waals surface area contributed by atoms with Crippen LogP contribution in [0.4, 0.5) is 0 Å². The van der Waals surface area contributed by atoms with E-state index >= 15 is 0 Å². The normalized spacial score (nSPS) is 13.0. The van der Waals surface area contributed by atoms with Crippen molar-refractivity contribution in [1.82, 2.24) is 19.3 Å². The Labute approximate surface area is 123 Å². The lowest BCUT2D eigenvalue weighted by Crippen LogP contribution is -2.06. The molecular weight excluding hydrogens is 272 g/mol. The summed E-state index contributed by atoms with van der Waals surface area (Å²) >= 11 is 6.29. The molecule has 0 saturated heterocycles. The van der Waals surface area contributed by atoms with Crippen molar-refractivity contribution in [2.45, 2.75) is 25.8 Å². The number of aromatic nitrogens is 4. The fourth-order valence-corrected chi connectivity index (χ4v) is 2.60. The first-order chi connectivity index (χ1) is 9.58. The standard InChI is InChI=1S/C15H17ClN4/c1-10(16)15-18-13-6-4-5-7-14(13)20(15)9-12-8-17-19(3)11(12)2/h4-8,10H,9H2,1-3H3. The number of imidazole rings is 1. The van der Waals surface area contributed by atoms with Crippen molar-refractivity contribution in [2.24, 2.45) is 7.05 Å². The van der Waals surface area contributed by atoms with Crippen molar-refractivity contribution >= 4 is 22.6 Å². The molecule has 1 atom stereocenters. The van der Waals surface area contributed by atoms with Gasteiger partial charge in [0.25, 0.3) is 0 Å². The Hall–Kier alpha value is -1.81. The number of hydrogen-bond acceptors (Lipinski definition) is 2. The highest BCUT2D eigenvalue weighted by atomic mass is 35.5. The summed E-state index contributed by atoms with van der Waals surface area (Å²) in [5.41, 5.74) is 4.44. The summed E-state index contributed by atoms with van der Waals surface area (Å²) < 4.78 is 4.06. The van der Waals surface area contributed by atoms with Crippen LogP contribution in [0.25, 0.3) is 11.0 Å². The number of halogens is 1. The summed E-state index contributed by atoms with van der Waals surface area (Å²) in [6, 6.07) is 8.12. The Morgan fingerprint density at radius 1 is 1.30 bits per heavy atom. The number of benzene rings is 1. The molecule has 0 fully saturated rings. The number of rotatable bonds is 3. The molecule has 0 spiro atoms. The predicted octanol–water partition coefficient (Wildman–Crippen LogP) is 3.43. The van der Waals surface area contributed by atoms with Gasteiger partial charge in [0.1, 0.15) is 5.82 Å². The quantitative estimate of drug-likeness (QED) is 0.692. The van der Waals surface area contributed by atoms with Crippen molar-refractivity contribution in [1.29, 1.82) is 0 Å². The smallest absolute Gasteiger partial charge is 0.128 e. The molecule has 0 aliphatic rings. The van der Waals surface area contributed by atoms with E-state index in [1.165, 1.54) is 5.56 Å². The summed E-state index contributed by atoms with van der Waals surface area (Å²) in [5, 5.41) is 4.18. The molecule has 0 amide bonds.